The third-order valence-corrected chi connectivity index (χ3v) is 2.53. The number of benzene rings is 1. The highest BCUT2D eigenvalue weighted by atomic mass is 16.2. The second-order valence-electron chi connectivity index (χ2n) is 3.79. The van der Waals surface area contributed by atoms with Gasteiger partial charge in [0.1, 0.15) is 6.29 Å². The van der Waals surface area contributed by atoms with E-state index in [1.165, 1.54) is 0 Å². The number of nitrogens with one attached hydrogen (secondary N) is 1. The van der Waals surface area contributed by atoms with Crippen molar-refractivity contribution in [3.63, 3.8) is 0 Å². The van der Waals surface area contributed by atoms with E-state index in [0.29, 0.717) is 12.0 Å². The van der Waals surface area contributed by atoms with E-state index in [1.807, 2.05) is 19.9 Å². The molecule has 4 nitrogen and oxygen atoms in total. The lowest BCUT2D eigenvalue weighted by molar-refractivity contribution is -0.116. The summed E-state index contributed by atoms with van der Waals surface area (Å²) < 4.78 is 0. The molecule has 0 saturated heterocycles. The second kappa shape index (κ2) is 9.36. The van der Waals surface area contributed by atoms with Crippen LogP contribution in [0.4, 0.5) is 5.69 Å². The summed E-state index contributed by atoms with van der Waals surface area (Å²) in [4.78, 5) is 22.2. The van der Waals surface area contributed by atoms with Crippen LogP contribution in [0, 0.1) is 6.92 Å². The van der Waals surface area contributed by atoms with Crippen molar-refractivity contribution < 1.29 is 14.7 Å². The molecular formula is C14H21NO3. The number of carbonyl (C=O) groups excluding carboxylic acids is 2. The molecule has 1 rings (SSSR count). The Morgan fingerprint density at radius 2 is 2.06 bits per heavy atom. The quantitative estimate of drug-likeness (QED) is 0.790. The number of hydrogen-bond acceptors (Lipinski definition) is 3. The molecule has 4 heteroatoms. The average molecular weight is 251 g/mol. The van der Waals surface area contributed by atoms with Gasteiger partial charge in [-0.1, -0.05) is 25.5 Å². The molecule has 0 bridgehead atoms. The number of aliphatic hydroxyl groups is 1. The summed E-state index contributed by atoms with van der Waals surface area (Å²) in [6, 6.07) is 5.32. The molecule has 0 atom stereocenters. The van der Waals surface area contributed by atoms with Gasteiger partial charge in [-0.3, -0.25) is 9.59 Å². The number of carbonyl (C=O) groups is 2. The monoisotopic (exact) mass is 251 g/mol. The number of hydrogen-bond donors (Lipinski definition) is 2. The van der Waals surface area contributed by atoms with Crippen LogP contribution >= 0.6 is 0 Å². The van der Waals surface area contributed by atoms with Crippen LogP contribution in [-0.4, -0.2) is 24.4 Å². The highest BCUT2D eigenvalue weighted by molar-refractivity contribution is 5.93. The summed E-state index contributed by atoms with van der Waals surface area (Å²) in [5.41, 5.74) is 2.17. The third-order valence-electron chi connectivity index (χ3n) is 2.53. The van der Waals surface area contributed by atoms with Crippen molar-refractivity contribution in [2.24, 2.45) is 0 Å². The topological polar surface area (TPSA) is 66.4 Å². The molecule has 0 fully saturated rings. The Kier molecular flexibility index (Phi) is 8.49. The van der Waals surface area contributed by atoms with Crippen molar-refractivity contribution in [2.75, 3.05) is 12.4 Å². The van der Waals surface area contributed by atoms with Crippen molar-refractivity contribution in [3.05, 3.63) is 29.3 Å². The lowest BCUT2D eigenvalue weighted by atomic mass is 10.1. The first-order valence-corrected chi connectivity index (χ1v) is 5.98. The van der Waals surface area contributed by atoms with E-state index in [2.05, 4.69) is 5.32 Å². The van der Waals surface area contributed by atoms with Crippen LogP contribution < -0.4 is 5.32 Å². The van der Waals surface area contributed by atoms with Crippen molar-refractivity contribution >= 4 is 17.9 Å². The van der Waals surface area contributed by atoms with Crippen LogP contribution in [-0.2, 0) is 4.79 Å². The Morgan fingerprint density at radius 3 is 2.61 bits per heavy atom. The standard InChI is InChI=1S/C13H17NO2.CH4O/c1-3-4-8-13(16)14-12-7-5-6-11(9-15)10(12)2;1-2/h5-7,9H,3-4,8H2,1-2H3,(H,14,16);2H,1H3. The largest absolute Gasteiger partial charge is 0.400 e. The van der Waals surface area contributed by atoms with E-state index < -0.39 is 0 Å². The number of aliphatic hydroxyl groups excluding tert-OH is 1. The van der Waals surface area contributed by atoms with Crippen molar-refractivity contribution in [2.45, 2.75) is 33.1 Å². The summed E-state index contributed by atoms with van der Waals surface area (Å²) in [6.45, 7) is 3.88. The van der Waals surface area contributed by atoms with Crippen LogP contribution in [0.15, 0.2) is 18.2 Å². The molecule has 100 valence electrons. The molecule has 0 aromatic heterocycles. The first-order chi connectivity index (χ1) is 8.69. The predicted octanol–water partition coefficient (Wildman–Crippen LogP) is 2.54. The van der Waals surface area contributed by atoms with Gasteiger partial charge in [-0.05, 0) is 25.0 Å². The second-order valence-corrected chi connectivity index (χ2v) is 3.79. The SMILES string of the molecule is CCCCC(=O)Nc1cccc(C=O)c1C.CO. The van der Waals surface area contributed by atoms with Crippen molar-refractivity contribution in [1.29, 1.82) is 0 Å². The minimum Gasteiger partial charge on any atom is -0.400 e. The van der Waals surface area contributed by atoms with Crippen LogP contribution in [0.1, 0.15) is 42.1 Å². The van der Waals surface area contributed by atoms with Gasteiger partial charge < -0.3 is 10.4 Å². The predicted molar refractivity (Wildman–Crippen MR) is 72.9 cm³/mol. The van der Waals surface area contributed by atoms with E-state index in [-0.39, 0.29) is 5.91 Å². The molecule has 0 radical (unpaired) electrons. The molecule has 0 unspecified atom stereocenters. The summed E-state index contributed by atoms with van der Waals surface area (Å²) in [6.07, 6.45) is 3.22. The average Bonchev–Trinajstić information content (AvgIpc) is 2.41. The minimum atomic E-state index is 0.00741. The Labute approximate surface area is 108 Å². The van der Waals surface area contributed by atoms with Gasteiger partial charge in [0.05, 0.1) is 0 Å². The number of aldehydes is 1. The normalized spacial score (nSPS) is 9.11. The lowest BCUT2D eigenvalue weighted by Crippen LogP contribution is -2.12. The van der Waals surface area contributed by atoms with Crippen LogP contribution in [0.5, 0.6) is 0 Å². The highest BCUT2D eigenvalue weighted by Gasteiger charge is 2.06. The molecule has 1 amide bonds. The fraction of sp³-hybridized carbons (Fsp3) is 0.429. The van der Waals surface area contributed by atoms with Crippen molar-refractivity contribution in [3.8, 4) is 0 Å². The molecule has 0 aliphatic carbocycles. The first kappa shape index (κ1) is 16.3. The first-order valence-electron chi connectivity index (χ1n) is 5.98. The molecule has 2 N–H and O–H groups in total. The Balaban J connectivity index is 0.00000137. The van der Waals surface area contributed by atoms with Crippen LogP contribution in [0.3, 0.4) is 0 Å². The number of anilines is 1. The fourth-order valence-corrected chi connectivity index (χ4v) is 1.47. The van der Waals surface area contributed by atoms with Crippen LogP contribution in [0.25, 0.3) is 0 Å². The zero-order valence-corrected chi connectivity index (χ0v) is 11.2. The third kappa shape index (κ3) is 5.10. The van der Waals surface area contributed by atoms with E-state index in [1.54, 1.807) is 12.1 Å². The molecule has 0 aliphatic rings. The summed E-state index contributed by atoms with van der Waals surface area (Å²) in [5.74, 6) is 0.00741. The van der Waals surface area contributed by atoms with Gasteiger partial charge in [0.25, 0.3) is 0 Å². The maximum Gasteiger partial charge on any atom is 0.224 e. The smallest absolute Gasteiger partial charge is 0.224 e. The van der Waals surface area contributed by atoms with Gasteiger partial charge in [-0.15, -0.1) is 0 Å². The molecule has 1 aromatic rings. The van der Waals surface area contributed by atoms with E-state index in [0.717, 1.165) is 37.5 Å². The van der Waals surface area contributed by atoms with Gasteiger partial charge >= 0.3 is 0 Å². The maximum absolute atomic E-state index is 11.5. The highest BCUT2D eigenvalue weighted by Crippen LogP contribution is 2.17. The van der Waals surface area contributed by atoms with Gasteiger partial charge in [-0.25, -0.2) is 0 Å². The van der Waals surface area contributed by atoms with Crippen molar-refractivity contribution in [1.82, 2.24) is 0 Å². The summed E-state index contributed by atoms with van der Waals surface area (Å²) in [7, 11) is 1.00. The lowest BCUT2D eigenvalue weighted by Gasteiger charge is -2.09. The Bertz CT molecular complexity index is 389. The molecular weight excluding hydrogens is 230 g/mol. The van der Waals surface area contributed by atoms with Gasteiger partial charge in [0.15, 0.2) is 0 Å². The Morgan fingerprint density at radius 1 is 1.39 bits per heavy atom. The number of unbranched alkanes of at least 4 members (excludes halogenated alkanes) is 1. The summed E-state index contributed by atoms with van der Waals surface area (Å²) >= 11 is 0. The zero-order chi connectivity index (χ0) is 14.0. The molecule has 0 saturated carbocycles. The Hall–Kier alpha value is -1.68. The molecule has 0 spiro atoms. The van der Waals surface area contributed by atoms with Gasteiger partial charge in [0, 0.05) is 24.8 Å². The number of amides is 1. The van der Waals surface area contributed by atoms with Gasteiger partial charge in [0.2, 0.25) is 5.91 Å². The number of rotatable bonds is 5. The van der Waals surface area contributed by atoms with Crippen LogP contribution in [0.2, 0.25) is 0 Å². The van der Waals surface area contributed by atoms with Gasteiger partial charge in [-0.2, -0.15) is 0 Å². The minimum absolute atomic E-state index is 0.00741. The van der Waals surface area contributed by atoms with E-state index in [4.69, 9.17) is 5.11 Å². The fourth-order valence-electron chi connectivity index (χ4n) is 1.47. The molecule has 18 heavy (non-hydrogen) atoms. The summed E-state index contributed by atoms with van der Waals surface area (Å²) in [5, 5.41) is 9.82. The maximum atomic E-state index is 11.5. The molecule has 0 aliphatic heterocycles. The zero-order valence-electron chi connectivity index (χ0n) is 11.2. The van der Waals surface area contributed by atoms with E-state index >= 15 is 0 Å². The van der Waals surface area contributed by atoms with E-state index in [9.17, 15) is 9.59 Å². The molecule has 0 heterocycles. The molecule has 1 aromatic carbocycles.